The molecule has 2 aromatic carbocycles. The first-order valence-electron chi connectivity index (χ1n) is 9.30. The SMILES string of the molecule is CCOC(=O)c1ccccc1NC(=O)CCCOc1ccc(C(C)C)cc1. The van der Waals surface area contributed by atoms with Crippen molar-refractivity contribution < 1.29 is 19.1 Å². The zero-order chi connectivity index (χ0) is 19.6. The minimum atomic E-state index is -0.443. The molecule has 0 saturated heterocycles. The van der Waals surface area contributed by atoms with Gasteiger partial charge < -0.3 is 14.8 Å². The Morgan fingerprint density at radius 1 is 1.04 bits per heavy atom. The number of esters is 1. The third-order valence-electron chi connectivity index (χ3n) is 4.06. The Kier molecular flexibility index (Phi) is 7.86. The highest BCUT2D eigenvalue weighted by Gasteiger charge is 2.13. The van der Waals surface area contributed by atoms with E-state index in [2.05, 4.69) is 31.3 Å². The van der Waals surface area contributed by atoms with Gasteiger partial charge in [-0.3, -0.25) is 4.79 Å². The van der Waals surface area contributed by atoms with Crippen LogP contribution in [0.2, 0.25) is 0 Å². The van der Waals surface area contributed by atoms with E-state index >= 15 is 0 Å². The Morgan fingerprint density at radius 2 is 1.74 bits per heavy atom. The second-order valence-corrected chi connectivity index (χ2v) is 6.49. The number of ether oxygens (including phenoxy) is 2. The van der Waals surface area contributed by atoms with Crippen LogP contribution >= 0.6 is 0 Å². The zero-order valence-corrected chi connectivity index (χ0v) is 16.2. The maximum atomic E-state index is 12.2. The van der Waals surface area contributed by atoms with Crippen LogP contribution in [0.1, 0.15) is 55.5 Å². The predicted octanol–water partition coefficient (Wildman–Crippen LogP) is 4.78. The smallest absolute Gasteiger partial charge is 0.340 e. The Morgan fingerprint density at radius 3 is 2.41 bits per heavy atom. The number of hydrogen-bond acceptors (Lipinski definition) is 4. The molecule has 0 aliphatic carbocycles. The van der Waals surface area contributed by atoms with Crippen molar-refractivity contribution in [1.29, 1.82) is 0 Å². The van der Waals surface area contributed by atoms with E-state index in [1.54, 1.807) is 31.2 Å². The molecule has 0 unspecified atom stereocenters. The van der Waals surface area contributed by atoms with Crippen LogP contribution in [0, 0.1) is 0 Å². The monoisotopic (exact) mass is 369 g/mol. The molecular weight excluding hydrogens is 342 g/mol. The van der Waals surface area contributed by atoms with E-state index in [9.17, 15) is 9.59 Å². The molecule has 0 spiro atoms. The predicted molar refractivity (Wildman–Crippen MR) is 106 cm³/mol. The number of benzene rings is 2. The summed E-state index contributed by atoms with van der Waals surface area (Å²) < 4.78 is 10.7. The first kappa shape index (κ1) is 20.5. The third-order valence-corrected chi connectivity index (χ3v) is 4.06. The van der Waals surface area contributed by atoms with Crippen LogP contribution in [-0.2, 0) is 9.53 Å². The van der Waals surface area contributed by atoms with Crippen molar-refractivity contribution in [3.63, 3.8) is 0 Å². The first-order valence-corrected chi connectivity index (χ1v) is 9.30. The van der Waals surface area contributed by atoms with Crippen molar-refractivity contribution in [2.75, 3.05) is 18.5 Å². The number of amides is 1. The Bertz CT molecular complexity index is 753. The molecule has 0 aromatic heterocycles. The molecule has 0 radical (unpaired) electrons. The molecule has 5 heteroatoms. The summed E-state index contributed by atoms with van der Waals surface area (Å²) in [5, 5.41) is 2.77. The Labute approximate surface area is 160 Å². The minimum Gasteiger partial charge on any atom is -0.494 e. The minimum absolute atomic E-state index is 0.162. The summed E-state index contributed by atoms with van der Waals surface area (Å²) in [5.41, 5.74) is 2.09. The van der Waals surface area contributed by atoms with Gasteiger partial charge in [-0.2, -0.15) is 0 Å². The van der Waals surface area contributed by atoms with Crippen molar-refractivity contribution in [2.45, 2.75) is 39.5 Å². The molecule has 1 N–H and O–H groups in total. The van der Waals surface area contributed by atoms with Crippen molar-refractivity contribution in [1.82, 2.24) is 0 Å². The molecule has 1 amide bonds. The summed E-state index contributed by atoms with van der Waals surface area (Å²) in [6.07, 6.45) is 0.889. The molecule has 0 aliphatic heterocycles. The van der Waals surface area contributed by atoms with Gasteiger partial charge in [-0.25, -0.2) is 4.79 Å². The molecule has 0 fully saturated rings. The fourth-order valence-electron chi connectivity index (χ4n) is 2.56. The molecule has 0 saturated carbocycles. The molecule has 2 aromatic rings. The summed E-state index contributed by atoms with van der Waals surface area (Å²) in [5.74, 6) is 0.680. The van der Waals surface area contributed by atoms with Gasteiger partial charge in [-0.1, -0.05) is 38.1 Å². The molecule has 27 heavy (non-hydrogen) atoms. The van der Waals surface area contributed by atoms with Crippen LogP contribution in [-0.4, -0.2) is 25.1 Å². The van der Waals surface area contributed by atoms with Crippen LogP contribution in [0.3, 0.4) is 0 Å². The van der Waals surface area contributed by atoms with Gasteiger partial charge in [0.15, 0.2) is 0 Å². The molecule has 0 bridgehead atoms. The highest BCUT2D eigenvalue weighted by atomic mass is 16.5. The van der Waals surface area contributed by atoms with E-state index in [-0.39, 0.29) is 12.5 Å². The fourth-order valence-corrected chi connectivity index (χ4v) is 2.56. The average Bonchev–Trinajstić information content (AvgIpc) is 2.66. The quantitative estimate of drug-likeness (QED) is 0.510. The number of nitrogens with one attached hydrogen (secondary N) is 1. The maximum absolute atomic E-state index is 12.2. The summed E-state index contributed by atoms with van der Waals surface area (Å²) in [6, 6.07) is 14.8. The van der Waals surface area contributed by atoms with Crippen molar-refractivity contribution in [3.05, 3.63) is 59.7 Å². The first-order chi connectivity index (χ1) is 13.0. The Balaban J connectivity index is 1.79. The lowest BCUT2D eigenvalue weighted by Crippen LogP contribution is -2.16. The van der Waals surface area contributed by atoms with Crippen LogP contribution in [0.25, 0.3) is 0 Å². The van der Waals surface area contributed by atoms with Crippen LogP contribution < -0.4 is 10.1 Å². The Hall–Kier alpha value is -2.82. The van der Waals surface area contributed by atoms with Crippen LogP contribution in [0.5, 0.6) is 5.75 Å². The molecule has 0 aliphatic rings. The standard InChI is InChI=1S/C22H27NO4/c1-4-26-22(25)19-8-5-6-9-20(19)23-21(24)10-7-15-27-18-13-11-17(12-14-18)16(2)3/h5-6,8-9,11-14,16H,4,7,10,15H2,1-3H3,(H,23,24). The summed E-state index contributed by atoms with van der Waals surface area (Å²) in [6.45, 7) is 6.78. The summed E-state index contributed by atoms with van der Waals surface area (Å²) >= 11 is 0. The summed E-state index contributed by atoms with van der Waals surface area (Å²) in [4.78, 5) is 24.1. The number of anilines is 1. The third kappa shape index (κ3) is 6.44. The molecule has 144 valence electrons. The second-order valence-electron chi connectivity index (χ2n) is 6.49. The van der Waals surface area contributed by atoms with E-state index in [0.29, 0.717) is 36.6 Å². The van der Waals surface area contributed by atoms with E-state index in [1.165, 1.54) is 5.56 Å². The van der Waals surface area contributed by atoms with E-state index in [4.69, 9.17) is 9.47 Å². The molecule has 2 rings (SSSR count). The van der Waals surface area contributed by atoms with Gasteiger partial charge >= 0.3 is 5.97 Å². The van der Waals surface area contributed by atoms with Crippen LogP contribution in [0.4, 0.5) is 5.69 Å². The lowest BCUT2D eigenvalue weighted by Gasteiger charge is -2.11. The highest BCUT2D eigenvalue weighted by Crippen LogP contribution is 2.19. The van der Waals surface area contributed by atoms with Gasteiger partial charge in [-0.05, 0) is 49.1 Å². The van der Waals surface area contributed by atoms with E-state index in [1.807, 2.05) is 12.1 Å². The number of carbonyl (C=O) groups is 2. The summed E-state index contributed by atoms with van der Waals surface area (Å²) in [7, 11) is 0. The second kappa shape index (κ2) is 10.4. The molecule has 5 nitrogen and oxygen atoms in total. The van der Waals surface area contributed by atoms with Crippen LogP contribution in [0.15, 0.2) is 48.5 Å². The fraction of sp³-hybridized carbons (Fsp3) is 0.364. The van der Waals surface area contributed by atoms with Gasteiger partial charge in [0.2, 0.25) is 5.91 Å². The lowest BCUT2D eigenvalue weighted by atomic mass is 10.0. The zero-order valence-electron chi connectivity index (χ0n) is 16.2. The van der Waals surface area contributed by atoms with Gasteiger partial charge in [-0.15, -0.1) is 0 Å². The number of rotatable bonds is 9. The largest absolute Gasteiger partial charge is 0.494 e. The average molecular weight is 369 g/mol. The maximum Gasteiger partial charge on any atom is 0.340 e. The van der Waals surface area contributed by atoms with Crippen molar-refractivity contribution in [2.24, 2.45) is 0 Å². The number of carbonyl (C=O) groups excluding carboxylic acids is 2. The van der Waals surface area contributed by atoms with Crippen molar-refractivity contribution in [3.8, 4) is 5.75 Å². The normalized spacial score (nSPS) is 10.5. The van der Waals surface area contributed by atoms with Gasteiger partial charge in [0.25, 0.3) is 0 Å². The molecule has 0 heterocycles. The lowest BCUT2D eigenvalue weighted by molar-refractivity contribution is -0.116. The molecular formula is C22H27NO4. The van der Waals surface area contributed by atoms with Gasteiger partial charge in [0.05, 0.1) is 24.5 Å². The molecule has 0 atom stereocenters. The highest BCUT2D eigenvalue weighted by molar-refractivity contribution is 6.01. The van der Waals surface area contributed by atoms with E-state index < -0.39 is 5.97 Å². The van der Waals surface area contributed by atoms with Gasteiger partial charge in [0, 0.05) is 6.42 Å². The van der Waals surface area contributed by atoms with Gasteiger partial charge in [0.1, 0.15) is 5.75 Å². The van der Waals surface area contributed by atoms with Crippen molar-refractivity contribution >= 4 is 17.6 Å². The van der Waals surface area contributed by atoms with E-state index in [0.717, 1.165) is 5.75 Å². The topological polar surface area (TPSA) is 64.6 Å². The number of hydrogen-bond donors (Lipinski definition) is 1. The number of para-hydroxylation sites is 1.